The van der Waals surface area contributed by atoms with E-state index in [0.29, 0.717) is 17.7 Å². The maximum absolute atomic E-state index is 12.4. The third kappa shape index (κ3) is 3.33. The Kier molecular flexibility index (Phi) is 4.67. The van der Waals surface area contributed by atoms with Gasteiger partial charge in [0.25, 0.3) is 0 Å². The van der Waals surface area contributed by atoms with Crippen molar-refractivity contribution >= 4 is 23.6 Å². The molecule has 24 heavy (non-hydrogen) atoms. The van der Waals surface area contributed by atoms with Crippen LogP contribution in [-0.4, -0.2) is 40.0 Å². The molecule has 130 valence electrons. The van der Waals surface area contributed by atoms with E-state index in [4.69, 9.17) is 0 Å². The van der Waals surface area contributed by atoms with Crippen LogP contribution in [0.3, 0.4) is 0 Å². The number of alkyl halides is 2. The van der Waals surface area contributed by atoms with E-state index >= 15 is 0 Å². The van der Waals surface area contributed by atoms with Crippen molar-refractivity contribution in [2.24, 2.45) is 0 Å². The number of nitrogens with one attached hydrogen (secondary N) is 1. The Hall–Kier alpha value is -1.83. The van der Waals surface area contributed by atoms with Crippen molar-refractivity contribution in [2.75, 3.05) is 5.75 Å². The van der Waals surface area contributed by atoms with Crippen LogP contribution in [-0.2, 0) is 16.1 Å². The molecular formula is C16H18F2N2O3S. The van der Waals surface area contributed by atoms with Gasteiger partial charge in [-0.2, -0.15) is 8.78 Å². The highest BCUT2D eigenvalue weighted by atomic mass is 32.2. The van der Waals surface area contributed by atoms with Gasteiger partial charge in [-0.05, 0) is 31.0 Å². The predicted octanol–water partition coefficient (Wildman–Crippen LogP) is 2.36. The Labute approximate surface area is 142 Å². The molecule has 8 heteroatoms. The van der Waals surface area contributed by atoms with E-state index in [-0.39, 0.29) is 29.0 Å². The highest BCUT2D eigenvalue weighted by Crippen LogP contribution is 2.47. The number of fused-ring (bicyclic) bond motifs is 1. The van der Waals surface area contributed by atoms with Gasteiger partial charge >= 0.3 is 6.61 Å². The van der Waals surface area contributed by atoms with Crippen LogP contribution in [0.2, 0.25) is 0 Å². The van der Waals surface area contributed by atoms with Gasteiger partial charge in [0.15, 0.2) is 0 Å². The van der Waals surface area contributed by atoms with Crippen LogP contribution in [0.25, 0.3) is 0 Å². The van der Waals surface area contributed by atoms with Gasteiger partial charge in [0.1, 0.15) is 11.8 Å². The van der Waals surface area contributed by atoms with Gasteiger partial charge in [0.05, 0.1) is 4.87 Å². The van der Waals surface area contributed by atoms with E-state index in [1.807, 2.05) is 6.92 Å². The molecule has 2 amide bonds. The van der Waals surface area contributed by atoms with E-state index < -0.39 is 12.7 Å². The van der Waals surface area contributed by atoms with E-state index in [1.54, 1.807) is 28.8 Å². The Bertz CT molecular complexity index is 658. The molecule has 2 unspecified atom stereocenters. The summed E-state index contributed by atoms with van der Waals surface area (Å²) in [5.74, 6) is 0.412. The largest absolute Gasteiger partial charge is 0.435 e. The first kappa shape index (κ1) is 17.0. The number of benzene rings is 1. The van der Waals surface area contributed by atoms with E-state index in [2.05, 4.69) is 10.1 Å². The van der Waals surface area contributed by atoms with Crippen molar-refractivity contribution in [1.29, 1.82) is 0 Å². The standard InChI is InChI=1S/C16H18F2N2O3S/c1-16-6-5-13(21)20(16)12(9-24-16)14(22)19-8-10-3-2-4-11(7-10)23-15(17)18/h2-4,7,12,15H,5-6,8-9H2,1H3,(H,19,22). The normalized spacial score (nSPS) is 25.9. The average molecular weight is 356 g/mol. The van der Waals surface area contributed by atoms with Crippen LogP contribution in [0.15, 0.2) is 24.3 Å². The summed E-state index contributed by atoms with van der Waals surface area (Å²) in [5.41, 5.74) is 0.655. The Morgan fingerprint density at radius 2 is 2.33 bits per heavy atom. The topological polar surface area (TPSA) is 58.6 Å². The third-order valence-electron chi connectivity index (χ3n) is 4.34. The summed E-state index contributed by atoms with van der Waals surface area (Å²) in [4.78, 5) is 25.9. The van der Waals surface area contributed by atoms with Crippen LogP contribution in [0, 0.1) is 0 Å². The number of halogens is 2. The van der Waals surface area contributed by atoms with Crippen LogP contribution in [0.4, 0.5) is 8.78 Å². The number of carbonyl (C=O) groups is 2. The Morgan fingerprint density at radius 3 is 3.08 bits per heavy atom. The fourth-order valence-electron chi connectivity index (χ4n) is 3.15. The summed E-state index contributed by atoms with van der Waals surface area (Å²) < 4.78 is 28.8. The molecule has 0 aromatic heterocycles. The molecule has 3 rings (SSSR count). The molecule has 2 atom stereocenters. The second kappa shape index (κ2) is 6.58. The molecule has 2 fully saturated rings. The Morgan fingerprint density at radius 1 is 1.54 bits per heavy atom. The second-order valence-electron chi connectivity index (χ2n) is 6.01. The number of ether oxygens (including phenoxy) is 1. The van der Waals surface area contributed by atoms with Crippen molar-refractivity contribution in [2.45, 2.75) is 43.8 Å². The highest BCUT2D eigenvalue weighted by molar-refractivity contribution is 8.01. The molecular weight excluding hydrogens is 338 g/mol. The smallest absolute Gasteiger partial charge is 0.387 e. The van der Waals surface area contributed by atoms with Crippen LogP contribution >= 0.6 is 11.8 Å². The van der Waals surface area contributed by atoms with Gasteiger partial charge in [0, 0.05) is 18.7 Å². The predicted molar refractivity (Wildman–Crippen MR) is 85.7 cm³/mol. The van der Waals surface area contributed by atoms with Crippen LogP contribution in [0.1, 0.15) is 25.3 Å². The Balaban J connectivity index is 1.61. The number of thioether (sulfide) groups is 1. The lowest BCUT2D eigenvalue weighted by molar-refractivity contribution is -0.138. The van der Waals surface area contributed by atoms with Crippen LogP contribution < -0.4 is 10.1 Å². The molecule has 1 N–H and O–H groups in total. The molecule has 2 saturated heterocycles. The summed E-state index contributed by atoms with van der Waals surface area (Å²) in [7, 11) is 0. The lowest BCUT2D eigenvalue weighted by Crippen LogP contribution is -2.49. The zero-order valence-corrected chi connectivity index (χ0v) is 13.9. The van der Waals surface area contributed by atoms with Crippen molar-refractivity contribution in [3.8, 4) is 5.75 Å². The van der Waals surface area contributed by atoms with Crippen molar-refractivity contribution in [3.63, 3.8) is 0 Å². The minimum absolute atomic E-state index is 0.00924. The summed E-state index contributed by atoms with van der Waals surface area (Å²) in [5, 5.41) is 2.78. The molecule has 0 spiro atoms. The van der Waals surface area contributed by atoms with Crippen molar-refractivity contribution < 1.29 is 23.1 Å². The zero-order chi connectivity index (χ0) is 17.3. The SMILES string of the molecule is CC12CCC(=O)N1C(C(=O)NCc1cccc(OC(F)F)c1)CS2. The lowest BCUT2D eigenvalue weighted by atomic mass is 10.2. The molecule has 1 aromatic rings. The van der Waals surface area contributed by atoms with Gasteiger partial charge in [-0.15, -0.1) is 11.8 Å². The summed E-state index contributed by atoms with van der Waals surface area (Å²) >= 11 is 1.63. The van der Waals surface area contributed by atoms with Crippen molar-refractivity contribution in [3.05, 3.63) is 29.8 Å². The van der Waals surface area contributed by atoms with E-state index in [1.165, 1.54) is 12.1 Å². The fraction of sp³-hybridized carbons (Fsp3) is 0.500. The maximum Gasteiger partial charge on any atom is 0.387 e. The maximum atomic E-state index is 12.4. The van der Waals surface area contributed by atoms with E-state index in [0.717, 1.165) is 6.42 Å². The lowest BCUT2D eigenvalue weighted by Gasteiger charge is -2.29. The van der Waals surface area contributed by atoms with Crippen molar-refractivity contribution in [1.82, 2.24) is 10.2 Å². The monoisotopic (exact) mass is 356 g/mol. The van der Waals surface area contributed by atoms with E-state index in [9.17, 15) is 18.4 Å². The number of carbonyl (C=O) groups excluding carboxylic acids is 2. The zero-order valence-electron chi connectivity index (χ0n) is 13.1. The first-order chi connectivity index (χ1) is 11.4. The molecule has 0 aliphatic carbocycles. The molecule has 0 bridgehead atoms. The minimum atomic E-state index is -2.88. The number of hydrogen-bond acceptors (Lipinski definition) is 4. The summed E-state index contributed by atoms with van der Waals surface area (Å²) in [6.07, 6.45) is 1.23. The first-order valence-electron chi connectivity index (χ1n) is 7.67. The molecule has 0 saturated carbocycles. The molecule has 2 aliphatic rings. The number of nitrogens with zero attached hydrogens (tertiary/aromatic N) is 1. The fourth-order valence-corrected chi connectivity index (χ4v) is 4.59. The van der Waals surface area contributed by atoms with Gasteiger partial charge < -0.3 is 15.0 Å². The summed E-state index contributed by atoms with van der Waals surface area (Å²) in [6, 6.07) is 5.72. The molecule has 2 aliphatic heterocycles. The minimum Gasteiger partial charge on any atom is -0.435 e. The van der Waals surface area contributed by atoms with Gasteiger partial charge in [-0.3, -0.25) is 9.59 Å². The van der Waals surface area contributed by atoms with Gasteiger partial charge in [-0.25, -0.2) is 0 Å². The summed E-state index contributed by atoms with van der Waals surface area (Å²) in [6.45, 7) is -0.704. The number of amides is 2. The molecule has 0 radical (unpaired) electrons. The quantitative estimate of drug-likeness (QED) is 0.880. The molecule has 1 aromatic carbocycles. The molecule has 5 nitrogen and oxygen atoms in total. The average Bonchev–Trinajstić information content (AvgIpc) is 3.01. The number of rotatable bonds is 5. The molecule has 2 heterocycles. The van der Waals surface area contributed by atoms with Gasteiger partial charge in [-0.1, -0.05) is 12.1 Å². The van der Waals surface area contributed by atoms with Crippen LogP contribution in [0.5, 0.6) is 5.75 Å². The second-order valence-corrected chi connectivity index (χ2v) is 7.51. The van der Waals surface area contributed by atoms with Gasteiger partial charge in [0.2, 0.25) is 11.8 Å². The third-order valence-corrected chi connectivity index (χ3v) is 5.84. The number of hydrogen-bond donors (Lipinski definition) is 1. The first-order valence-corrected chi connectivity index (χ1v) is 8.65. The highest BCUT2D eigenvalue weighted by Gasteiger charge is 2.52.